The number of primary amides is 1. The van der Waals surface area contributed by atoms with Crippen LogP contribution >= 0.6 is 15.9 Å². The molecular formula is C12H17BrN4O. The minimum absolute atomic E-state index is 0.195. The SMILES string of the molecule is NC(=O)CN(c1ncc(N)cc1Br)C1CCCC1. The van der Waals surface area contributed by atoms with Crippen molar-refractivity contribution in [3.05, 3.63) is 16.7 Å². The van der Waals surface area contributed by atoms with Crippen molar-refractivity contribution in [2.45, 2.75) is 31.7 Å². The molecule has 1 amide bonds. The number of aromatic nitrogens is 1. The number of hydrogen-bond donors (Lipinski definition) is 2. The largest absolute Gasteiger partial charge is 0.397 e. The Labute approximate surface area is 115 Å². The first-order valence-electron chi connectivity index (χ1n) is 6.04. The van der Waals surface area contributed by atoms with Gasteiger partial charge in [0.2, 0.25) is 5.91 Å². The molecule has 1 saturated carbocycles. The molecule has 0 radical (unpaired) electrons. The summed E-state index contributed by atoms with van der Waals surface area (Å²) in [4.78, 5) is 17.5. The molecule has 6 heteroatoms. The zero-order valence-electron chi connectivity index (χ0n) is 10.1. The fraction of sp³-hybridized carbons (Fsp3) is 0.500. The number of amides is 1. The van der Waals surface area contributed by atoms with Gasteiger partial charge in [0.05, 0.1) is 22.9 Å². The molecule has 5 nitrogen and oxygen atoms in total. The highest BCUT2D eigenvalue weighted by molar-refractivity contribution is 9.10. The van der Waals surface area contributed by atoms with Crippen LogP contribution in [-0.4, -0.2) is 23.5 Å². The van der Waals surface area contributed by atoms with Gasteiger partial charge in [0.1, 0.15) is 5.82 Å². The molecular weight excluding hydrogens is 296 g/mol. The molecule has 0 spiro atoms. The molecule has 0 bridgehead atoms. The monoisotopic (exact) mass is 312 g/mol. The van der Waals surface area contributed by atoms with Crippen molar-refractivity contribution in [2.75, 3.05) is 17.2 Å². The maximum atomic E-state index is 11.2. The lowest BCUT2D eigenvalue weighted by molar-refractivity contribution is -0.116. The number of nitrogens with zero attached hydrogens (tertiary/aromatic N) is 2. The molecule has 1 fully saturated rings. The van der Waals surface area contributed by atoms with Gasteiger partial charge in [0, 0.05) is 6.04 Å². The number of nitrogen functional groups attached to an aromatic ring is 1. The van der Waals surface area contributed by atoms with E-state index in [9.17, 15) is 4.79 Å². The average molecular weight is 313 g/mol. The third-order valence-corrected chi connectivity index (χ3v) is 3.79. The molecule has 1 aromatic rings. The summed E-state index contributed by atoms with van der Waals surface area (Å²) >= 11 is 3.45. The second kappa shape index (κ2) is 5.56. The normalized spacial score (nSPS) is 15.8. The topological polar surface area (TPSA) is 85.2 Å². The maximum absolute atomic E-state index is 11.2. The highest BCUT2D eigenvalue weighted by atomic mass is 79.9. The number of carbonyl (C=O) groups excluding carboxylic acids is 1. The van der Waals surface area contributed by atoms with Crippen LogP contribution < -0.4 is 16.4 Å². The number of nitrogens with two attached hydrogens (primary N) is 2. The molecule has 2 rings (SSSR count). The lowest BCUT2D eigenvalue weighted by Gasteiger charge is -2.29. The lowest BCUT2D eigenvalue weighted by atomic mass is 10.2. The summed E-state index contributed by atoms with van der Waals surface area (Å²) in [5.74, 6) is 0.405. The molecule has 0 aromatic carbocycles. The van der Waals surface area contributed by atoms with Crippen molar-refractivity contribution in [3.8, 4) is 0 Å². The quantitative estimate of drug-likeness (QED) is 0.885. The second-order valence-corrected chi connectivity index (χ2v) is 5.46. The minimum atomic E-state index is -0.340. The highest BCUT2D eigenvalue weighted by Gasteiger charge is 2.26. The number of rotatable bonds is 4. The summed E-state index contributed by atoms with van der Waals surface area (Å²) in [5.41, 5.74) is 11.6. The minimum Gasteiger partial charge on any atom is -0.397 e. The molecule has 0 aliphatic heterocycles. The Kier molecular flexibility index (Phi) is 4.06. The van der Waals surface area contributed by atoms with Crippen molar-refractivity contribution in [3.63, 3.8) is 0 Å². The predicted molar refractivity (Wildman–Crippen MR) is 75.1 cm³/mol. The van der Waals surface area contributed by atoms with Crippen molar-refractivity contribution in [1.82, 2.24) is 4.98 Å². The number of hydrogen-bond acceptors (Lipinski definition) is 4. The molecule has 0 unspecified atom stereocenters. The second-order valence-electron chi connectivity index (χ2n) is 4.61. The van der Waals surface area contributed by atoms with Crippen molar-refractivity contribution < 1.29 is 4.79 Å². The zero-order chi connectivity index (χ0) is 13.1. The molecule has 1 aliphatic rings. The molecule has 18 heavy (non-hydrogen) atoms. The summed E-state index contributed by atoms with van der Waals surface area (Å²) in [6.07, 6.45) is 6.12. The summed E-state index contributed by atoms with van der Waals surface area (Å²) in [7, 11) is 0. The van der Waals surface area contributed by atoms with Crippen LogP contribution in [0.4, 0.5) is 11.5 Å². The van der Waals surface area contributed by atoms with E-state index in [1.807, 2.05) is 4.90 Å². The van der Waals surface area contributed by atoms with E-state index in [1.165, 1.54) is 12.8 Å². The molecule has 98 valence electrons. The molecule has 0 atom stereocenters. The van der Waals surface area contributed by atoms with E-state index in [0.717, 1.165) is 23.1 Å². The summed E-state index contributed by atoms with van der Waals surface area (Å²) in [6, 6.07) is 2.13. The number of halogens is 1. The Morgan fingerprint density at radius 1 is 1.50 bits per heavy atom. The van der Waals surface area contributed by atoms with Gasteiger partial charge in [0.15, 0.2) is 0 Å². The predicted octanol–water partition coefficient (Wildman–Crippen LogP) is 1.66. The van der Waals surface area contributed by atoms with Crippen LogP contribution in [0.5, 0.6) is 0 Å². The van der Waals surface area contributed by atoms with E-state index in [2.05, 4.69) is 20.9 Å². The van der Waals surface area contributed by atoms with Gasteiger partial charge in [-0.15, -0.1) is 0 Å². The van der Waals surface area contributed by atoms with E-state index in [4.69, 9.17) is 11.5 Å². The van der Waals surface area contributed by atoms with Gasteiger partial charge in [-0.05, 0) is 34.8 Å². The number of carbonyl (C=O) groups is 1. The van der Waals surface area contributed by atoms with Gasteiger partial charge < -0.3 is 16.4 Å². The fourth-order valence-electron chi connectivity index (χ4n) is 2.42. The summed E-state index contributed by atoms with van der Waals surface area (Å²) < 4.78 is 0.802. The Hall–Kier alpha value is -1.30. The molecule has 1 aromatic heterocycles. The third kappa shape index (κ3) is 2.93. The van der Waals surface area contributed by atoms with E-state index in [-0.39, 0.29) is 12.5 Å². The van der Waals surface area contributed by atoms with Crippen LogP contribution in [0.15, 0.2) is 16.7 Å². The maximum Gasteiger partial charge on any atom is 0.237 e. The molecule has 0 saturated heterocycles. The van der Waals surface area contributed by atoms with Gasteiger partial charge in [-0.25, -0.2) is 4.98 Å². The Morgan fingerprint density at radius 2 is 2.17 bits per heavy atom. The van der Waals surface area contributed by atoms with Crippen LogP contribution in [0.3, 0.4) is 0 Å². The first-order chi connectivity index (χ1) is 8.58. The smallest absolute Gasteiger partial charge is 0.237 e. The fourth-order valence-corrected chi connectivity index (χ4v) is 3.01. The van der Waals surface area contributed by atoms with Crippen LogP contribution in [0.25, 0.3) is 0 Å². The molecule has 4 N–H and O–H groups in total. The Bertz CT molecular complexity index is 446. The number of pyridine rings is 1. The van der Waals surface area contributed by atoms with Crippen molar-refractivity contribution >= 4 is 33.3 Å². The first kappa shape index (κ1) is 13.1. The summed E-state index contributed by atoms with van der Waals surface area (Å²) in [5, 5.41) is 0. The van der Waals surface area contributed by atoms with E-state index >= 15 is 0 Å². The van der Waals surface area contributed by atoms with E-state index < -0.39 is 0 Å². The Balaban J connectivity index is 2.29. The van der Waals surface area contributed by atoms with Crippen LogP contribution in [0.2, 0.25) is 0 Å². The highest BCUT2D eigenvalue weighted by Crippen LogP contribution is 2.32. The van der Waals surface area contributed by atoms with Crippen LogP contribution in [0, 0.1) is 0 Å². The third-order valence-electron chi connectivity index (χ3n) is 3.21. The zero-order valence-corrected chi connectivity index (χ0v) is 11.7. The standard InChI is InChI=1S/C12H17BrN4O/c13-10-5-8(14)6-16-12(10)17(7-11(15)18)9-3-1-2-4-9/h5-6,9H,1-4,7,14H2,(H2,15,18). The van der Waals surface area contributed by atoms with Crippen LogP contribution in [0.1, 0.15) is 25.7 Å². The van der Waals surface area contributed by atoms with Gasteiger partial charge in [-0.2, -0.15) is 0 Å². The van der Waals surface area contributed by atoms with Gasteiger partial charge in [0.25, 0.3) is 0 Å². The van der Waals surface area contributed by atoms with Crippen molar-refractivity contribution in [1.29, 1.82) is 0 Å². The van der Waals surface area contributed by atoms with E-state index in [1.54, 1.807) is 12.3 Å². The lowest BCUT2D eigenvalue weighted by Crippen LogP contribution is -2.40. The van der Waals surface area contributed by atoms with Gasteiger partial charge >= 0.3 is 0 Å². The van der Waals surface area contributed by atoms with Gasteiger partial charge in [-0.3, -0.25) is 4.79 Å². The molecule has 1 heterocycles. The van der Waals surface area contributed by atoms with Crippen molar-refractivity contribution in [2.24, 2.45) is 5.73 Å². The summed E-state index contributed by atoms with van der Waals surface area (Å²) in [6.45, 7) is 0.195. The molecule has 1 aliphatic carbocycles. The first-order valence-corrected chi connectivity index (χ1v) is 6.83. The van der Waals surface area contributed by atoms with E-state index in [0.29, 0.717) is 11.7 Å². The Morgan fingerprint density at radius 3 is 2.72 bits per heavy atom. The van der Waals surface area contributed by atoms with Gasteiger partial charge in [-0.1, -0.05) is 12.8 Å². The average Bonchev–Trinajstić information content (AvgIpc) is 2.79. The van der Waals surface area contributed by atoms with Crippen LogP contribution in [-0.2, 0) is 4.79 Å². The number of anilines is 2.